The van der Waals surface area contributed by atoms with Gasteiger partial charge in [-0.2, -0.15) is 0 Å². The molecule has 0 saturated carbocycles. The summed E-state index contributed by atoms with van der Waals surface area (Å²) in [5.41, 5.74) is 0.837. The molecule has 1 N–H and O–H groups in total. The molecule has 0 aromatic rings. The molecule has 1 aliphatic rings. The van der Waals surface area contributed by atoms with E-state index >= 15 is 0 Å². The second-order valence-electron chi connectivity index (χ2n) is 5.94. The quantitative estimate of drug-likeness (QED) is 0.287. The molecule has 0 saturated heterocycles. The van der Waals surface area contributed by atoms with Crippen molar-refractivity contribution in [2.45, 2.75) is 71.2 Å². The molecule has 0 aliphatic heterocycles. The van der Waals surface area contributed by atoms with E-state index in [0.717, 1.165) is 31.3 Å². The van der Waals surface area contributed by atoms with Gasteiger partial charge in [0.05, 0.1) is 0 Å². The van der Waals surface area contributed by atoms with Crippen LogP contribution in [-0.4, -0.2) is 39.6 Å². The van der Waals surface area contributed by atoms with Crippen LogP contribution in [0.25, 0.3) is 0 Å². The van der Waals surface area contributed by atoms with Gasteiger partial charge in [-0.25, -0.2) is 0 Å². The van der Waals surface area contributed by atoms with Gasteiger partial charge in [0.2, 0.25) is 0 Å². The van der Waals surface area contributed by atoms with E-state index in [9.17, 15) is 12.1 Å². The number of hydrogen-bond acceptors (Lipinski definition) is 3. The van der Waals surface area contributed by atoms with Gasteiger partial charge in [-0.15, -0.1) is 0 Å². The monoisotopic (exact) mass is 394 g/mol. The van der Waals surface area contributed by atoms with E-state index < -0.39 is 21.2 Å². The summed E-state index contributed by atoms with van der Waals surface area (Å²) in [4.78, 5) is 0. The predicted molar refractivity (Wildman–Crippen MR) is 90.7 cm³/mol. The number of hydrogen-bond donors (Lipinski definition) is 1. The molecule has 0 aromatic heterocycles. The van der Waals surface area contributed by atoms with Crippen LogP contribution in [0.4, 0.5) is 7.00 Å². The Hall–Kier alpha value is -0.237. The molecule has 0 radical (unpaired) electrons. The molecule has 0 spiro atoms. The van der Waals surface area contributed by atoms with Crippen LogP contribution >= 0.6 is 0 Å². The third kappa shape index (κ3) is 7.92. The molecule has 0 fully saturated rings. The van der Waals surface area contributed by atoms with Gasteiger partial charge in [-0.1, -0.05) is 0 Å². The predicted octanol–water partition coefficient (Wildman–Crippen LogP) is 4.39. The summed E-state index contributed by atoms with van der Waals surface area (Å²) in [6.45, 7) is 5.00. The summed E-state index contributed by atoms with van der Waals surface area (Å²) in [6, 6.07) is 0. The van der Waals surface area contributed by atoms with Crippen molar-refractivity contribution < 1.29 is 21.6 Å². The molecule has 1 aliphatic carbocycles. The summed E-state index contributed by atoms with van der Waals surface area (Å²) in [5, 5.41) is 10.5. The first-order valence-electron chi connectivity index (χ1n) is 8.69. The van der Waals surface area contributed by atoms with Crippen LogP contribution in [0, 0.1) is 0 Å². The Morgan fingerprint density at radius 2 is 1.74 bits per heavy atom. The minimum absolute atomic E-state index is 0.313. The first-order valence-corrected chi connectivity index (χ1v) is 11.7. The maximum atomic E-state index is 13.0. The van der Waals surface area contributed by atoms with Crippen LogP contribution in [-0.2, 0) is 9.47 Å². The normalized spacial score (nSPS) is 15.2. The Morgan fingerprint density at radius 1 is 1.13 bits per heavy atom. The molecular formula is C17H30F2GeO3. The molecule has 0 unspecified atom stereocenters. The van der Waals surface area contributed by atoms with E-state index in [4.69, 9.17) is 9.47 Å². The van der Waals surface area contributed by atoms with Crippen molar-refractivity contribution in [2.75, 3.05) is 13.2 Å². The van der Waals surface area contributed by atoms with Gasteiger partial charge in [0, 0.05) is 0 Å². The summed E-state index contributed by atoms with van der Waals surface area (Å²) in [5.74, 6) is -1.58. The zero-order chi connectivity index (χ0) is 17.1. The van der Waals surface area contributed by atoms with E-state index in [0.29, 0.717) is 43.3 Å². The third-order valence-electron chi connectivity index (χ3n) is 3.93. The summed E-state index contributed by atoms with van der Waals surface area (Å²) < 4.78 is 37.4. The molecule has 134 valence electrons. The van der Waals surface area contributed by atoms with E-state index in [1.54, 1.807) is 6.08 Å². The number of unbranched alkanes of at least 4 members (excludes halogenated alkanes) is 2. The van der Waals surface area contributed by atoms with E-state index in [1.165, 1.54) is 0 Å². The number of halogens is 2. The van der Waals surface area contributed by atoms with Crippen molar-refractivity contribution in [3.05, 3.63) is 22.1 Å². The standard InChI is InChI=1S/C17H30F2GeO3/c1-3-5-13-22-17(21,23-14-6-4-2)12-8-10-15-9-7-11-16(15)20(18)19/h7,11,20-21H,3-6,8-10,12-14H2,1-2H3. The van der Waals surface area contributed by atoms with Gasteiger partial charge in [0.25, 0.3) is 0 Å². The van der Waals surface area contributed by atoms with Crippen LogP contribution in [0.2, 0.25) is 0 Å². The van der Waals surface area contributed by atoms with E-state index in [1.807, 2.05) is 6.08 Å². The van der Waals surface area contributed by atoms with Crippen LogP contribution in [0.15, 0.2) is 22.1 Å². The van der Waals surface area contributed by atoms with Crippen molar-refractivity contribution in [3.8, 4) is 0 Å². The topological polar surface area (TPSA) is 38.7 Å². The van der Waals surface area contributed by atoms with Crippen molar-refractivity contribution >= 4 is 15.3 Å². The maximum absolute atomic E-state index is 13.0. The fourth-order valence-corrected chi connectivity index (χ4v) is 4.29. The molecule has 3 nitrogen and oxygen atoms in total. The fraction of sp³-hybridized carbons (Fsp3) is 0.765. The zero-order valence-electron chi connectivity index (χ0n) is 14.3. The molecule has 0 amide bonds. The average Bonchev–Trinajstić information content (AvgIpc) is 2.96. The van der Waals surface area contributed by atoms with Crippen molar-refractivity contribution in [3.63, 3.8) is 0 Å². The van der Waals surface area contributed by atoms with Gasteiger partial charge in [-0.05, 0) is 0 Å². The van der Waals surface area contributed by atoms with Crippen molar-refractivity contribution in [1.29, 1.82) is 0 Å². The summed E-state index contributed by atoms with van der Waals surface area (Å²) >= 11 is -4.20. The second kappa shape index (κ2) is 11.3. The Morgan fingerprint density at radius 3 is 2.26 bits per heavy atom. The average molecular weight is 393 g/mol. The van der Waals surface area contributed by atoms with Crippen LogP contribution in [0.3, 0.4) is 0 Å². The van der Waals surface area contributed by atoms with Gasteiger partial charge in [0.1, 0.15) is 0 Å². The number of aliphatic hydroxyl groups is 1. The number of allylic oxidation sites excluding steroid dienone is 4. The number of rotatable bonds is 13. The van der Waals surface area contributed by atoms with E-state index in [2.05, 4.69) is 13.8 Å². The Balaban J connectivity index is 2.47. The molecular weight excluding hydrogens is 363 g/mol. The first-order chi connectivity index (χ1) is 11.0. The molecule has 0 bridgehead atoms. The van der Waals surface area contributed by atoms with Crippen LogP contribution in [0.5, 0.6) is 0 Å². The Bertz CT molecular complexity index is 387. The molecule has 6 heteroatoms. The number of ether oxygens (including phenoxy) is 2. The second-order valence-corrected chi connectivity index (χ2v) is 8.50. The first kappa shape index (κ1) is 20.8. The fourth-order valence-electron chi connectivity index (χ4n) is 2.50. The van der Waals surface area contributed by atoms with Gasteiger partial charge >= 0.3 is 143 Å². The van der Waals surface area contributed by atoms with Gasteiger partial charge in [-0.3, -0.25) is 0 Å². The Kier molecular flexibility index (Phi) is 10.3. The van der Waals surface area contributed by atoms with Crippen molar-refractivity contribution in [2.24, 2.45) is 0 Å². The molecule has 1 rings (SSSR count). The SMILES string of the molecule is CCCCOC(O)(CCCC1=[C]([GeH]([F])[F])C=CC1)OCCCC. The zero-order valence-corrected chi connectivity index (χ0v) is 16.7. The minimum atomic E-state index is -4.20. The summed E-state index contributed by atoms with van der Waals surface area (Å²) in [7, 11) is 0. The van der Waals surface area contributed by atoms with Gasteiger partial charge < -0.3 is 0 Å². The van der Waals surface area contributed by atoms with Crippen LogP contribution < -0.4 is 0 Å². The van der Waals surface area contributed by atoms with E-state index in [-0.39, 0.29) is 0 Å². The Labute approximate surface area is 143 Å². The molecule has 0 heterocycles. The molecule has 23 heavy (non-hydrogen) atoms. The molecule has 0 aromatic carbocycles. The third-order valence-corrected chi connectivity index (χ3v) is 6.17. The van der Waals surface area contributed by atoms with Gasteiger partial charge in [0.15, 0.2) is 0 Å². The van der Waals surface area contributed by atoms with Crippen LogP contribution in [0.1, 0.15) is 65.2 Å². The molecule has 0 atom stereocenters. The van der Waals surface area contributed by atoms with Crippen molar-refractivity contribution in [1.82, 2.24) is 0 Å². The summed E-state index contributed by atoms with van der Waals surface area (Å²) in [6.07, 6.45) is 9.17.